The molecule has 0 amide bonds. The van der Waals surface area contributed by atoms with Gasteiger partial charge in [-0.05, 0) is 32.9 Å². The molecule has 0 aromatic carbocycles. The molecule has 0 N–H and O–H groups in total. The summed E-state index contributed by atoms with van der Waals surface area (Å²) in [5.41, 5.74) is 1.57. The van der Waals surface area contributed by atoms with Crippen LogP contribution in [-0.2, 0) is 4.74 Å². The molecular formula is C13H17N3O. The van der Waals surface area contributed by atoms with E-state index in [-0.39, 0.29) is 12.2 Å². The number of nitriles is 1. The van der Waals surface area contributed by atoms with Crippen molar-refractivity contribution >= 4 is 5.82 Å². The van der Waals surface area contributed by atoms with Crippen molar-refractivity contribution in [1.82, 2.24) is 4.98 Å². The minimum Gasteiger partial charge on any atom is -0.372 e. The van der Waals surface area contributed by atoms with E-state index in [2.05, 4.69) is 16.0 Å². The Labute approximate surface area is 102 Å². The summed E-state index contributed by atoms with van der Waals surface area (Å²) in [6.45, 7) is 7.61. The second kappa shape index (κ2) is 4.72. The molecule has 2 rings (SSSR count). The van der Waals surface area contributed by atoms with E-state index in [4.69, 9.17) is 10.00 Å². The smallest absolute Gasteiger partial charge is 0.146 e. The molecule has 1 aromatic rings. The number of nitrogens with zero attached hydrogens (tertiary/aromatic N) is 3. The summed E-state index contributed by atoms with van der Waals surface area (Å²) >= 11 is 0. The molecule has 4 heteroatoms. The van der Waals surface area contributed by atoms with Gasteiger partial charge in [-0.15, -0.1) is 0 Å². The van der Waals surface area contributed by atoms with Gasteiger partial charge in [0.25, 0.3) is 0 Å². The lowest BCUT2D eigenvalue weighted by molar-refractivity contribution is -0.00548. The van der Waals surface area contributed by atoms with Crippen LogP contribution in [0.25, 0.3) is 0 Å². The first-order valence-corrected chi connectivity index (χ1v) is 5.88. The van der Waals surface area contributed by atoms with Crippen LogP contribution in [0.15, 0.2) is 12.1 Å². The first-order chi connectivity index (χ1) is 8.10. The van der Waals surface area contributed by atoms with Crippen LogP contribution in [0, 0.1) is 18.3 Å². The highest BCUT2D eigenvalue weighted by Crippen LogP contribution is 2.22. The minimum atomic E-state index is 0.174. The Bertz CT molecular complexity index is 442. The van der Waals surface area contributed by atoms with Gasteiger partial charge in [-0.1, -0.05) is 0 Å². The maximum atomic E-state index is 9.12. The molecule has 2 heterocycles. The molecule has 1 aliphatic rings. The summed E-state index contributed by atoms with van der Waals surface area (Å²) in [4.78, 5) is 6.63. The second-order valence-electron chi connectivity index (χ2n) is 4.60. The van der Waals surface area contributed by atoms with Crippen molar-refractivity contribution in [3.63, 3.8) is 0 Å². The number of rotatable bonds is 1. The molecule has 17 heavy (non-hydrogen) atoms. The SMILES string of the molecule is Cc1ccc(C#N)c(N2C[C@@H](C)O[C@@H](C)C2)n1. The molecule has 1 aromatic heterocycles. The van der Waals surface area contributed by atoms with Gasteiger partial charge >= 0.3 is 0 Å². The van der Waals surface area contributed by atoms with E-state index < -0.39 is 0 Å². The molecule has 1 saturated heterocycles. The molecule has 90 valence electrons. The number of aryl methyl sites for hydroxylation is 1. The Balaban J connectivity index is 2.33. The number of anilines is 1. The van der Waals surface area contributed by atoms with Gasteiger partial charge in [0.15, 0.2) is 0 Å². The van der Waals surface area contributed by atoms with Crippen LogP contribution in [0.3, 0.4) is 0 Å². The fourth-order valence-corrected chi connectivity index (χ4v) is 2.22. The Hall–Kier alpha value is -1.60. The van der Waals surface area contributed by atoms with Crippen LogP contribution in [0.1, 0.15) is 25.1 Å². The first-order valence-electron chi connectivity index (χ1n) is 5.88. The molecule has 4 nitrogen and oxygen atoms in total. The molecule has 0 spiro atoms. The maximum Gasteiger partial charge on any atom is 0.146 e. The summed E-state index contributed by atoms with van der Waals surface area (Å²) in [5, 5.41) is 9.12. The summed E-state index contributed by atoms with van der Waals surface area (Å²) in [6.07, 6.45) is 0.347. The fraction of sp³-hybridized carbons (Fsp3) is 0.538. The Morgan fingerprint density at radius 1 is 1.35 bits per heavy atom. The highest BCUT2D eigenvalue weighted by Gasteiger charge is 2.24. The lowest BCUT2D eigenvalue weighted by Crippen LogP contribution is -2.46. The van der Waals surface area contributed by atoms with Crippen molar-refractivity contribution in [2.45, 2.75) is 33.0 Å². The summed E-state index contributed by atoms with van der Waals surface area (Å²) in [7, 11) is 0. The number of pyridine rings is 1. The molecule has 0 unspecified atom stereocenters. The minimum absolute atomic E-state index is 0.174. The molecule has 0 saturated carbocycles. The van der Waals surface area contributed by atoms with Crippen molar-refractivity contribution in [2.24, 2.45) is 0 Å². The molecule has 2 atom stereocenters. The van der Waals surface area contributed by atoms with Gasteiger partial charge in [-0.2, -0.15) is 5.26 Å². The van der Waals surface area contributed by atoms with Crippen LogP contribution in [0.4, 0.5) is 5.82 Å². The summed E-state index contributed by atoms with van der Waals surface area (Å²) in [5.74, 6) is 0.787. The van der Waals surface area contributed by atoms with Gasteiger partial charge in [0.05, 0.1) is 17.8 Å². The van der Waals surface area contributed by atoms with E-state index in [1.54, 1.807) is 0 Å². The molecular weight excluding hydrogens is 214 g/mol. The Morgan fingerprint density at radius 3 is 2.59 bits per heavy atom. The van der Waals surface area contributed by atoms with E-state index in [1.165, 1.54) is 0 Å². The molecule has 1 fully saturated rings. The van der Waals surface area contributed by atoms with Gasteiger partial charge in [0, 0.05) is 18.8 Å². The first kappa shape index (κ1) is 11.9. The quantitative estimate of drug-likeness (QED) is 0.740. The van der Waals surface area contributed by atoms with Crippen molar-refractivity contribution < 1.29 is 4.74 Å². The standard InChI is InChI=1S/C13H17N3O/c1-9-4-5-12(6-14)13(15-9)16-7-10(2)17-11(3)8-16/h4-5,10-11H,7-8H2,1-3H3/t10-,11+. The average molecular weight is 231 g/mol. The largest absolute Gasteiger partial charge is 0.372 e. The third-order valence-corrected chi connectivity index (χ3v) is 2.85. The average Bonchev–Trinajstić information content (AvgIpc) is 2.27. The number of aromatic nitrogens is 1. The van der Waals surface area contributed by atoms with Gasteiger partial charge < -0.3 is 9.64 Å². The van der Waals surface area contributed by atoms with Gasteiger partial charge in [-0.25, -0.2) is 4.98 Å². The molecule has 0 radical (unpaired) electrons. The molecule has 1 aliphatic heterocycles. The predicted octanol–water partition coefficient (Wildman–Crippen LogP) is 1.88. The van der Waals surface area contributed by atoms with E-state index >= 15 is 0 Å². The Kier molecular flexibility index (Phi) is 3.30. The van der Waals surface area contributed by atoms with Crippen LogP contribution in [0.2, 0.25) is 0 Å². The number of hydrogen-bond donors (Lipinski definition) is 0. The Morgan fingerprint density at radius 2 is 2.00 bits per heavy atom. The third kappa shape index (κ3) is 2.56. The van der Waals surface area contributed by atoms with Crippen molar-refractivity contribution in [3.8, 4) is 6.07 Å². The van der Waals surface area contributed by atoms with Gasteiger partial charge in [0.2, 0.25) is 0 Å². The van der Waals surface area contributed by atoms with Crippen LogP contribution >= 0.6 is 0 Å². The number of ether oxygens (including phenoxy) is 1. The van der Waals surface area contributed by atoms with Crippen LogP contribution in [-0.4, -0.2) is 30.3 Å². The fourth-order valence-electron chi connectivity index (χ4n) is 2.22. The zero-order valence-electron chi connectivity index (χ0n) is 10.5. The zero-order chi connectivity index (χ0) is 12.4. The summed E-state index contributed by atoms with van der Waals surface area (Å²) in [6, 6.07) is 5.91. The monoisotopic (exact) mass is 231 g/mol. The molecule has 0 bridgehead atoms. The summed E-state index contributed by atoms with van der Waals surface area (Å²) < 4.78 is 5.69. The maximum absolute atomic E-state index is 9.12. The van der Waals surface area contributed by atoms with Crippen LogP contribution < -0.4 is 4.90 Å². The number of hydrogen-bond acceptors (Lipinski definition) is 4. The highest BCUT2D eigenvalue weighted by atomic mass is 16.5. The van der Waals surface area contributed by atoms with Crippen molar-refractivity contribution in [2.75, 3.05) is 18.0 Å². The highest BCUT2D eigenvalue weighted by molar-refractivity contribution is 5.54. The predicted molar refractivity (Wildman–Crippen MR) is 65.9 cm³/mol. The lowest BCUT2D eigenvalue weighted by atomic mass is 10.2. The van der Waals surface area contributed by atoms with Crippen molar-refractivity contribution in [3.05, 3.63) is 23.4 Å². The zero-order valence-corrected chi connectivity index (χ0v) is 10.5. The van der Waals surface area contributed by atoms with Crippen molar-refractivity contribution in [1.29, 1.82) is 5.26 Å². The van der Waals surface area contributed by atoms with E-state index in [0.29, 0.717) is 5.56 Å². The van der Waals surface area contributed by atoms with Gasteiger partial charge in [-0.3, -0.25) is 0 Å². The molecule has 0 aliphatic carbocycles. The number of morpholine rings is 1. The van der Waals surface area contributed by atoms with E-state index in [9.17, 15) is 0 Å². The van der Waals surface area contributed by atoms with Crippen LogP contribution in [0.5, 0.6) is 0 Å². The van der Waals surface area contributed by atoms with E-state index in [0.717, 1.165) is 24.6 Å². The van der Waals surface area contributed by atoms with Gasteiger partial charge in [0.1, 0.15) is 11.9 Å². The second-order valence-corrected chi connectivity index (χ2v) is 4.60. The normalized spacial score (nSPS) is 24.5. The topological polar surface area (TPSA) is 49.2 Å². The lowest BCUT2D eigenvalue weighted by Gasteiger charge is -2.36. The third-order valence-electron chi connectivity index (χ3n) is 2.85. The van der Waals surface area contributed by atoms with E-state index in [1.807, 2.05) is 32.9 Å².